The maximum Gasteiger partial charge on any atom is 0.318 e. The van der Waals surface area contributed by atoms with Crippen molar-refractivity contribution in [1.82, 2.24) is 19.8 Å². The van der Waals surface area contributed by atoms with Gasteiger partial charge < -0.3 is 19.4 Å². The van der Waals surface area contributed by atoms with Crippen LogP contribution >= 0.6 is 11.6 Å². The summed E-state index contributed by atoms with van der Waals surface area (Å²) in [6.07, 6.45) is 3.29. The van der Waals surface area contributed by atoms with E-state index in [0.717, 1.165) is 27.7 Å². The molecule has 0 unspecified atom stereocenters. The molecule has 2 fully saturated rings. The van der Waals surface area contributed by atoms with Gasteiger partial charge in [0.15, 0.2) is 0 Å². The summed E-state index contributed by atoms with van der Waals surface area (Å²) in [5.41, 5.74) is 2.73. The maximum absolute atomic E-state index is 12.6. The fourth-order valence-corrected chi connectivity index (χ4v) is 6.80. The van der Waals surface area contributed by atoms with Crippen molar-refractivity contribution >= 4 is 39.8 Å². The molecule has 3 aliphatic rings. The van der Waals surface area contributed by atoms with Crippen molar-refractivity contribution in [2.24, 2.45) is 0 Å². The van der Waals surface area contributed by atoms with Gasteiger partial charge in [-0.25, -0.2) is 0 Å². The molecule has 3 aliphatic heterocycles. The highest BCUT2D eigenvalue weighted by atomic mass is 35.5. The van der Waals surface area contributed by atoms with E-state index in [9.17, 15) is 10.1 Å². The lowest BCUT2D eigenvalue weighted by atomic mass is 10.0. The van der Waals surface area contributed by atoms with Crippen LogP contribution in [0.1, 0.15) is 44.2 Å². The number of carbonyl (C=O) groups is 1. The van der Waals surface area contributed by atoms with E-state index >= 15 is 0 Å². The zero-order chi connectivity index (χ0) is 34.2. The summed E-state index contributed by atoms with van der Waals surface area (Å²) in [6, 6.07) is 13.4. The lowest BCUT2D eigenvalue weighted by Gasteiger charge is -2.42. The predicted molar refractivity (Wildman–Crippen MR) is 170 cm³/mol. The molecule has 4 heterocycles. The Morgan fingerprint density at radius 2 is 2.07 bits per heavy atom. The van der Waals surface area contributed by atoms with Crippen LogP contribution < -0.4 is 14.5 Å². The normalized spacial score (nSPS) is 23.0. The molecular weight excluding hydrogens is 562 g/mol. The minimum absolute atomic E-state index is 0.0229. The number of ether oxygens (including phenoxy) is 1. The molecule has 224 valence electrons. The number of nitriles is 1. The van der Waals surface area contributed by atoms with E-state index < -0.39 is 19.4 Å². The van der Waals surface area contributed by atoms with Crippen LogP contribution in [0.15, 0.2) is 49.1 Å². The van der Waals surface area contributed by atoms with E-state index in [0.29, 0.717) is 69.4 Å². The van der Waals surface area contributed by atoms with Gasteiger partial charge in [-0.3, -0.25) is 9.69 Å². The Morgan fingerprint density at radius 1 is 1.21 bits per heavy atom. The van der Waals surface area contributed by atoms with E-state index in [1.165, 1.54) is 11.0 Å². The number of likely N-dealkylation sites (tertiary alicyclic amines) is 1. The topological polar surface area (TPSA) is 88.8 Å². The minimum Gasteiger partial charge on any atom is -0.462 e. The first-order valence-corrected chi connectivity index (χ1v) is 15.1. The zero-order valence-corrected chi connectivity index (χ0v) is 24.8. The van der Waals surface area contributed by atoms with E-state index in [4.69, 9.17) is 33.2 Å². The number of piperazine rings is 1. The van der Waals surface area contributed by atoms with Crippen LogP contribution in [0.4, 0.5) is 11.5 Å². The van der Waals surface area contributed by atoms with Crippen molar-refractivity contribution in [3.05, 3.63) is 65.3 Å². The van der Waals surface area contributed by atoms with Gasteiger partial charge >= 0.3 is 6.01 Å². The first-order chi connectivity index (χ1) is 22.9. The highest BCUT2D eigenvalue weighted by Crippen LogP contribution is 2.37. The van der Waals surface area contributed by atoms with Gasteiger partial charge in [0.05, 0.1) is 35.8 Å². The van der Waals surface area contributed by atoms with Gasteiger partial charge in [0.25, 0.3) is 0 Å². The van der Waals surface area contributed by atoms with E-state index in [1.54, 1.807) is 4.90 Å². The number of carbonyl (C=O) groups excluding carboxylic acids is 1. The molecule has 1 aromatic heterocycles. The summed E-state index contributed by atoms with van der Waals surface area (Å²) in [4.78, 5) is 29.7. The Bertz CT molecular complexity index is 1740. The molecule has 3 aromatic rings. The second-order valence-corrected chi connectivity index (χ2v) is 11.6. The molecule has 0 aliphatic carbocycles. The van der Waals surface area contributed by atoms with Crippen molar-refractivity contribution in [2.45, 2.75) is 51.2 Å². The molecule has 2 atom stereocenters. The Morgan fingerprint density at radius 3 is 2.88 bits per heavy atom. The maximum atomic E-state index is 12.6. The van der Waals surface area contributed by atoms with E-state index in [2.05, 4.69) is 28.5 Å². The SMILES string of the molecule is [2H]C([2H])([2H])C([2H])([2H])N1CCC[C@H]1COc1nc2c(c(N3CCN(C(=O)C=C)[C@@H](CC#N)C3)n1)CCN(c1cccc3cccc(Cl)c13)C2. The summed E-state index contributed by atoms with van der Waals surface area (Å²) < 4.78 is 46.2. The molecule has 6 rings (SSSR count). The fraction of sp³-hybridized carbons (Fsp3) is 0.455. The van der Waals surface area contributed by atoms with Crippen LogP contribution in [0, 0.1) is 11.3 Å². The molecule has 43 heavy (non-hydrogen) atoms. The van der Waals surface area contributed by atoms with Gasteiger partial charge in [-0.1, -0.05) is 49.3 Å². The van der Waals surface area contributed by atoms with Gasteiger partial charge in [0, 0.05) is 55.7 Å². The Hall–Kier alpha value is -3.87. The number of aromatic nitrogens is 2. The van der Waals surface area contributed by atoms with E-state index in [-0.39, 0.29) is 31.0 Å². The van der Waals surface area contributed by atoms with Gasteiger partial charge in [0.2, 0.25) is 5.91 Å². The van der Waals surface area contributed by atoms with Crippen LogP contribution in [0.5, 0.6) is 6.01 Å². The van der Waals surface area contributed by atoms with Crippen molar-refractivity contribution in [3.8, 4) is 12.1 Å². The van der Waals surface area contributed by atoms with Gasteiger partial charge in [-0.15, -0.1) is 0 Å². The molecule has 0 N–H and O–H groups in total. The first-order valence-electron chi connectivity index (χ1n) is 17.2. The molecule has 2 saturated heterocycles. The van der Waals surface area contributed by atoms with Crippen LogP contribution in [0.2, 0.25) is 5.02 Å². The van der Waals surface area contributed by atoms with E-state index in [1.807, 2.05) is 30.3 Å². The summed E-state index contributed by atoms with van der Waals surface area (Å²) in [6.45, 7) is 1.07. The molecule has 0 bridgehead atoms. The average Bonchev–Trinajstić information content (AvgIpc) is 3.55. The number of likely N-dealkylation sites (N-methyl/N-ethyl adjacent to an activating group) is 1. The molecular formula is C33H38ClN7O2. The molecule has 0 radical (unpaired) electrons. The number of benzene rings is 2. The number of nitrogens with zero attached hydrogens (tertiary/aromatic N) is 7. The smallest absolute Gasteiger partial charge is 0.318 e. The predicted octanol–water partition coefficient (Wildman–Crippen LogP) is 4.83. The third-order valence-corrected chi connectivity index (χ3v) is 9.00. The second-order valence-electron chi connectivity index (χ2n) is 11.2. The highest BCUT2D eigenvalue weighted by molar-refractivity contribution is 6.36. The molecule has 2 aromatic carbocycles. The van der Waals surface area contributed by atoms with Crippen LogP contribution in [-0.2, 0) is 17.8 Å². The Kier molecular flexibility index (Phi) is 7.01. The fourth-order valence-electron chi connectivity index (χ4n) is 6.52. The van der Waals surface area contributed by atoms with Crippen molar-refractivity contribution in [1.29, 1.82) is 5.26 Å². The van der Waals surface area contributed by atoms with Crippen LogP contribution in [0.25, 0.3) is 10.8 Å². The second kappa shape index (κ2) is 12.8. The van der Waals surface area contributed by atoms with Gasteiger partial charge in [-0.2, -0.15) is 15.2 Å². The number of halogens is 1. The molecule has 10 heteroatoms. The average molecular weight is 605 g/mol. The number of fused-ring (bicyclic) bond motifs is 2. The lowest BCUT2D eigenvalue weighted by Crippen LogP contribution is -2.55. The molecule has 9 nitrogen and oxygen atoms in total. The summed E-state index contributed by atoms with van der Waals surface area (Å²) in [5.74, 6) is 0.464. The summed E-state index contributed by atoms with van der Waals surface area (Å²) in [7, 11) is 0. The van der Waals surface area contributed by atoms with Crippen molar-refractivity contribution in [2.75, 3.05) is 55.6 Å². The number of amides is 1. The number of rotatable bonds is 8. The Balaban J connectivity index is 1.34. The lowest BCUT2D eigenvalue weighted by molar-refractivity contribution is -0.128. The first kappa shape index (κ1) is 23.6. The zero-order valence-electron chi connectivity index (χ0n) is 29.0. The Labute approximate surface area is 265 Å². The number of hydrogen-bond acceptors (Lipinski definition) is 8. The molecule has 1 amide bonds. The molecule has 0 spiro atoms. The third kappa shape index (κ3) is 5.86. The minimum atomic E-state index is -2.81. The summed E-state index contributed by atoms with van der Waals surface area (Å²) >= 11 is 6.69. The highest BCUT2D eigenvalue weighted by Gasteiger charge is 2.34. The van der Waals surface area contributed by atoms with Crippen LogP contribution in [-0.4, -0.2) is 83.6 Å². The number of hydrogen-bond donors (Lipinski definition) is 0. The molecule has 0 saturated carbocycles. The quantitative estimate of drug-likeness (QED) is 0.338. The summed E-state index contributed by atoms with van der Waals surface area (Å²) in [5, 5.41) is 12.2. The van der Waals surface area contributed by atoms with Crippen molar-refractivity contribution < 1.29 is 16.4 Å². The van der Waals surface area contributed by atoms with Gasteiger partial charge in [0.1, 0.15) is 12.4 Å². The standard InChI is InChI=1S/C33H38ClN7O2/c1-3-30(42)41-19-18-40(20-24(41)13-15-35)32-26-14-17-39(29-12-6-9-23-8-5-11-27(34)31(23)29)21-28(26)36-33(37-32)43-22-25-10-7-16-38(25)4-2/h3,5-6,8-9,11-12,24-25H,1,4,7,10,13-14,16-22H2,2H3/t24-,25-/m0/s1/i2D3,4D2. The third-order valence-electron chi connectivity index (χ3n) is 8.69. The van der Waals surface area contributed by atoms with Gasteiger partial charge in [-0.05, 0) is 55.9 Å². The number of anilines is 2. The monoisotopic (exact) mass is 604 g/mol. The van der Waals surface area contributed by atoms with Crippen molar-refractivity contribution in [3.63, 3.8) is 0 Å². The largest absolute Gasteiger partial charge is 0.462 e. The van der Waals surface area contributed by atoms with Crippen LogP contribution in [0.3, 0.4) is 0 Å².